The average Bonchev–Trinajstić information content (AvgIpc) is 2.08. The van der Waals surface area contributed by atoms with Gasteiger partial charge in [0.2, 0.25) is 0 Å². The quantitative estimate of drug-likeness (QED) is 0.228. The van der Waals surface area contributed by atoms with Gasteiger partial charge in [0, 0.05) is 6.54 Å². The van der Waals surface area contributed by atoms with E-state index in [1.54, 1.807) is 20.8 Å². The van der Waals surface area contributed by atoms with E-state index in [2.05, 4.69) is 5.32 Å². The Labute approximate surface area is 96.2 Å². The minimum Gasteiger partial charge on any atom is -0.459 e. The number of hydrogen-bond acceptors (Lipinski definition) is 4. The number of rotatable bonds is 5. The van der Waals surface area contributed by atoms with Gasteiger partial charge in [-0.25, -0.2) is 0 Å². The van der Waals surface area contributed by atoms with E-state index in [1.165, 1.54) is 0 Å². The van der Waals surface area contributed by atoms with Crippen LogP contribution >= 0.6 is 0 Å². The Hall–Kier alpha value is -1.30. The van der Waals surface area contributed by atoms with Crippen molar-refractivity contribution in [1.82, 2.24) is 5.32 Å². The molecule has 0 aliphatic rings. The van der Waals surface area contributed by atoms with E-state index in [4.69, 9.17) is 21.6 Å². The van der Waals surface area contributed by atoms with Crippen LogP contribution < -0.4 is 16.8 Å². The van der Waals surface area contributed by atoms with Crippen LogP contribution in [0.15, 0.2) is 0 Å². The van der Waals surface area contributed by atoms with Gasteiger partial charge in [0.1, 0.15) is 11.6 Å². The fraction of sp³-hybridized carbons (Fsp3) is 0.800. The van der Waals surface area contributed by atoms with Gasteiger partial charge < -0.3 is 21.5 Å². The SMILES string of the molecule is CC(C)(C)OC(=O)C(N)CCCNC(=N)N. The number of guanidine groups is 1. The zero-order valence-corrected chi connectivity index (χ0v) is 10.2. The van der Waals surface area contributed by atoms with Crippen molar-refractivity contribution in [3.05, 3.63) is 0 Å². The number of nitrogens with two attached hydrogens (primary N) is 2. The molecule has 0 aromatic heterocycles. The third-order valence-electron chi connectivity index (χ3n) is 1.72. The standard InChI is InChI=1S/C10H22N4O2/c1-10(2,3)16-8(15)7(11)5-4-6-14-9(12)13/h7H,4-6,11H2,1-3H3,(H4,12,13,14). The van der Waals surface area contributed by atoms with Crippen LogP contribution in [0.1, 0.15) is 33.6 Å². The van der Waals surface area contributed by atoms with Crippen LogP contribution in [0, 0.1) is 5.41 Å². The molecule has 0 radical (unpaired) electrons. The summed E-state index contributed by atoms with van der Waals surface area (Å²) in [5, 5.41) is 9.57. The van der Waals surface area contributed by atoms with Gasteiger partial charge in [-0.1, -0.05) is 0 Å². The predicted octanol–water partition coefficient (Wildman–Crippen LogP) is -0.0813. The average molecular weight is 230 g/mol. The second-order valence-corrected chi connectivity index (χ2v) is 4.62. The molecule has 0 saturated carbocycles. The molecular weight excluding hydrogens is 208 g/mol. The topological polar surface area (TPSA) is 114 Å². The molecule has 6 nitrogen and oxygen atoms in total. The molecule has 94 valence electrons. The first kappa shape index (κ1) is 14.7. The summed E-state index contributed by atoms with van der Waals surface area (Å²) in [5.74, 6) is -0.471. The fourth-order valence-electron chi connectivity index (χ4n) is 1.04. The highest BCUT2D eigenvalue weighted by molar-refractivity contribution is 5.76. The van der Waals surface area contributed by atoms with Crippen molar-refractivity contribution in [2.24, 2.45) is 11.5 Å². The molecule has 1 atom stereocenters. The molecule has 0 amide bonds. The number of carbonyl (C=O) groups excluding carboxylic acids is 1. The van der Waals surface area contributed by atoms with E-state index in [1.807, 2.05) is 0 Å². The summed E-state index contributed by atoms with van der Waals surface area (Å²) in [5.41, 5.74) is 10.2. The first-order chi connectivity index (χ1) is 7.22. The van der Waals surface area contributed by atoms with Crippen LogP contribution in [-0.2, 0) is 9.53 Å². The molecule has 0 aliphatic heterocycles. The Bertz CT molecular complexity index is 248. The highest BCUT2D eigenvalue weighted by Gasteiger charge is 2.21. The number of nitrogens with one attached hydrogen (secondary N) is 2. The summed E-state index contributed by atoms with van der Waals surface area (Å²) >= 11 is 0. The van der Waals surface area contributed by atoms with Crippen molar-refractivity contribution in [3.8, 4) is 0 Å². The Morgan fingerprint density at radius 1 is 1.50 bits per heavy atom. The van der Waals surface area contributed by atoms with E-state index in [-0.39, 0.29) is 5.96 Å². The van der Waals surface area contributed by atoms with Gasteiger partial charge in [0.25, 0.3) is 0 Å². The lowest BCUT2D eigenvalue weighted by atomic mass is 10.1. The molecule has 16 heavy (non-hydrogen) atoms. The van der Waals surface area contributed by atoms with Gasteiger partial charge in [-0.15, -0.1) is 0 Å². The Kier molecular flexibility index (Phi) is 5.81. The predicted molar refractivity (Wildman–Crippen MR) is 63.0 cm³/mol. The third kappa shape index (κ3) is 8.05. The maximum atomic E-state index is 11.5. The largest absolute Gasteiger partial charge is 0.459 e. The minimum atomic E-state index is -0.618. The van der Waals surface area contributed by atoms with Crippen molar-refractivity contribution in [1.29, 1.82) is 5.41 Å². The highest BCUT2D eigenvalue weighted by atomic mass is 16.6. The van der Waals surface area contributed by atoms with Crippen molar-refractivity contribution in [2.75, 3.05) is 6.54 Å². The van der Waals surface area contributed by atoms with Gasteiger partial charge in [-0.05, 0) is 33.6 Å². The molecule has 0 saturated heterocycles. The van der Waals surface area contributed by atoms with Crippen LogP contribution in [0.25, 0.3) is 0 Å². The van der Waals surface area contributed by atoms with Crippen LogP contribution in [0.2, 0.25) is 0 Å². The van der Waals surface area contributed by atoms with Gasteiger partial charge in [-0.2, -0.15) is 0 Å². The zero-order valence-electron chi connectivity index (χ0n) is 10.2. The maximum Gasteiger partial charge on any atom is 0.323 e. The van der Waals surface area contributed by atoms with Crippen LogP contribution in [-0.4, -0.2) is 30.1 Å². The van der Waals surface area contributed by atoms with E-state index >= 15 is 0 Å². The minimum absolute atomic E-state index is 0.0779. The van der Waals surface area contributed by atoms with Gasteiger partial charge in [-0.3, -0.25) is 10.2 Å². The first-order valence-electron chi connectivity index (χ1n) is 5.28. The molecule has 0 aromatic carbocycles. The molecule has 0 aliphatic carbocycles. The van der Waals surface area contributed by atoms with Crippen LogP contribution in [0.3, 0.4) is 0 Å². The molecule has 6 heteroatoms. The van der Waals surface area contributed by atoms with E-state index in [9.17, 15) is 4.79 Å². The summed E-state index contributed by atoms with van der Waals surface area (Å²) in [4.78, 5) is 11.5. The summed E-state index contributed by atoms with van der Waals surface area (Å²) < 4.78 is 5.13. The maximum absolute atomic E-state index is 11.5. The number of hydrogen-bond donors (Lipinski definition) is 4. The monoisotopic (exact) mass is 230 g/mol. The van der Waals surface area contributed by atoms with E-state index < -0.39 is 17.6 Å². The van der Waals surface area contributed by atoms with Crippen LogP contribution in [0.4, 0.5) is 0 Å². The second-order valence-electron chi connectivity index (χ2n) is 4.62. The summed E-state index contributed by atoms with van der Waals surface area (Å²) in [7, 11) is 0. The Balaban J connectivity index is 3.76. The van der Waals surface area contributed by atoms with Crippen molar-refractivity contribution in [2.45, 2.75) is 45.3 Å². The molecule has 0 spiro atoms. The van der Waals surface area contributed by atoms with E-state index in [0.717, 1.165) is 0 Å². The normalized spacial score (nSPS) is 13.0. The molecule has 0 fully saturated rings. The molecular formula is C10H22N4O2. The number of carbonyl (C=O) groups is 1. The van der Waals surface area contributed by atoms with Gasteiger partial charge in [0.15, 0.2) is 5.96 Å². The summed E-state index contributed by atoms with van der Waals surface area (Å²) in [6, 6.07) is -0.618. The molecule has 0 aromatic rings. The number of ether oxygens (including phenoxy) is 1. The van der Waals surface area contributed by atoms with Gasteiger partial charge in [0.05, 0.1) is 0 Å². The molecule has 1 unspecified atom stereocenters. The van der Waals surface area contributed by atoms with E-state index in [0.29, 0.717) is 19.4 Å². The van der Waals surface area contributed by atoms with Crippen molar-refractivity contribution < 1.29 is 9.53 Å². The van der Waals surface area contributed by atoms with Crippen molar-refractivity contribution in [3.63, 3.8) is 0 Å². The Morgan fingerprint density at radius 3 is 2.50 bits per heavy atom. The summed E-state index contributed by atoms with van der Waals surface area (Å²) in [6.07, 6.45) is 1.18. The highest BCUT2D eigenvalue weighted by Crippen LogP contribution is 2.09. The zero-order chi connectivity index (χ0) is 12.8. The molecule has 0 rings (SSSR count). The lowest BCUT2D eigenvalue weighted by Gasteiger charge is -2.22. The van der Waals surface area contributed by atoms with Crippen LogP contribution in [0.5, 0.6) is 0 Å². The third-order valence-corrected chi connectivity index (χ3v) is 1.72. The molecule has 0 heterocycles. The lowest BCUT2D eigenvalue weighted by Crippen LogP contribution is -2.38. The summed E-state index contributed by atoms with van der Waals surface area (Å²) in [6.45, 7) is 5.94. The van der Waals surface area contributed by atoms with Crippen molar-refractivity contribution >= 4 is 11.9 Å². The fourth-order valence-corrected chi connectivity index (χ4v) is 1.04. The lowest BCUT2D eigenvalue weighted by molar-refractivity contribution is -0.156. The Morgan fingerprint density at radius 2 is 2.06 bits per heavy atom. The molecule has 0 bridgehead atoms. The smallest absolute Gasteiger partial charge is 0.323 e. The second kappa shape index (κ2) is 6.32. The first-order valence-corrected chi connectivity index (χ1v) is 5.28. The number of esters is 1. The molecule has 6 N–H and O–H groups in total. The van der Waals surface area contributed by atoms with Gasteiger partial charge >= 0.3 is 5.97 Å².